The highest BCUT2D eigenvalue weighted by atomic mass is 16.6. The molecule has 1 aromatic carbocycles. The Balaban J connectivity index is 2.07. The predicted molar refractivity (Wildman–Crippen MR) is 75.4 cm³/mol. The van der Waals surface area contributed by atoms with Crippen molar-refractivity contribution in [3.05, 3.63) is 39.8 Å². The highest BCUT2D eigenvalue weighted by molar-refractivity contribution is 5.61. The van der Waals surface area contributed by atoms with Gasteiger partial charge in [-0.05, 0) is 31.5 Å². The van der Waals surface area contributed by atoms with Crippen molar-refractivity contribution in [1.29, 1.82) is 0 Å². The maximum atomic E-state index is 12.0. The molecule has 1 N–H and O–H groups in total. The van der Waals surface area contributed by atoms with E-state index < -0.39 is 0 Å². The molecule has 0 radical (unpaired) electrons. The molecule has 1 aliphatic rings. The van der Waals surface area contributed by atoms with Gasteiger partial charge in [0.1, 0.15) is 19.0 Å². The number of H-pyrrole nitrogens is 1. The second-order valence-corrected chi connectivity index (χ2v) is 4.69. The van der Waals surface area contributed by atoms with E-state index in [1.807, 2.05) is 32.0 Å². The van der Waals surface area contributed by atoms with E-state index in [2.05, 4.69) is 9.97 Å². The van der Waals surface area contributed by atoms with Crippen LogP contribution in [-0.2, 0) is 6.42 Å². The Morgan fingerprint density at radius 1 is 1.25 bits per heavy atom. The summed E-state index contributed by atoms with van der Waals surface area (Å²) in [6.07, 6.45) is 0.676. The van der Waals surface area contributed by atoms with Gasteiger partial charge in [-0.25, -0.2) is 4.98 Å². The lowest BCUT2D eigenvalue weighted by Crippen LogP contribution is -2.17. The molecule has 0 unspecified atom stereocenters. The average Bonchev–Trinajstić information content (AvgIpc) is 2.46. The highest BCUT2D eigenvalue weighted by Crippen LogP contribution is 2.33. The van der Waals surface area contributed by atoms with E-state index in [9.17, 15) is 4.79 Å². The molecule has 1 aliphatic heterocycles. The van der Waals surface area contributed by atoms with Crippen molar-refractivity contribution in [2.24, 2.45) is 0 Å². The zero-order valence-electron chi connectivity index (χ0n) is 11.5. The van der Waals surface area contributed by atoms with Crippen molar-refractivity contribution in [2.45, 2.75) is 20.3 Å². The average molecular weight is 272 g/mol. The first-order valence-corrected chi connectivity index (χ1v) is 6.69. The van der Waals surface area contributed by atoms with Gasteiger partial charge in [0.15, 0.2) is 11.5 Å². The van der Waals surface area contributed by atoms with Crippen molar-refractivity contribution < 1.29 is 9.47 Å². The summed E-state index contributed by atoms with van der Waals surface area (Å²) in [5.74, 6) is 1.97. The first kappa shape index (κ1) is 12.7. The molecule has 0 aliphatic carbocycles. The van der Waals surface area contributed by atoms with Crippen LogP contribution in [0.2, 0.25) is 0 Å². The van der Waals surface area contributed by atoms with E-state index in [4.69, 9.17) is 9.47 Å². The lowest BCUT2D eigenvalue weighted by molar-refractivity contribution is 0.171. The fourth-order valence-corrected chi connectivity index (χ4v) is 2.35. The number of aromatic nitrogens is 2. The number of fused-ring (bicyclic) bond motifs is 1. The van der Waals surface area contributed by atoms with Crippen molar-refractivity contribution in [3.8, 4) is 22.9 Å². The van der Waals surface area contributed by atoms with Gasteiger partial charge >= 0.3 is 0 Å². The summed E-state index contributed by atoms with van der Waals surface area (Å²) in [6, 6.07) is 5.56. The topological polar surface area (TPSA) is 64.2 Å². The lowest BCUT2D eigenvalue weighted by Gasteiger charge is -2.18. The quantitative estimate of drug-likeness (QED) is 0.909. The van der Waals surface area contributed by atoms with Crippen LogP contribution in [0, 0.1) is 6.92 Å². The largest absolute Gasteiger partial charge is 0.486 e. The predicted octanol–water partition coefficient (Wildman–Crippen LogP) is 2.08. The maximum absolute atomic E-state index is 12.0. The number of rotatable bonds is 2. The molecule has 0 amide bonds. The van der Waals surface area contributed by atoms with Crippen LogP contribution in [0.4, 0.5) is 0 Å². The van der Waals surface area contributed by atoms with Crippen LogP contribution in [0.25, 0.3) is 11.4 Å². The van der Waals surface area contributed by atoms with Crippen LogP contribution in [0.1, 0.15) is 18.2 Å². The molecule has 5 heteroatoms. The normalized spacial score (nSPS) is 13.3. The van der Waals surface area contributed by atoms with E-state index in [0.717, 1.165) is 22.6 Å². The number of nitrogens with zero attached hydrogens (tertiary/aromatic N) is 1. The summed E-state index contributed by atoms with van der Waals surface area (Å²) in [5.41, 5.74) is 2.23. The molecule has 0 saturated carbocycles. The van der Waals surface area contributed by atoms with E-state index in [-0.39, 0.29) is 5.56 Å². The second-order valence-electron chi connectivity index (χ2n) is 4.69. The summed E-state index contributed by atoms with van der Waals surface area (Å²) >= 11 is 0. The van der Waals surface area contributed by atoms with Gasteiger partial charge in [-0.15, -0.1) is 0 Å². The molecule has 0 atom stereocenters. The van der Waals surface area contributed by atoms with Gasteiger partial charge in [-0.3, -0.25) is 4.79 Å². The third-order valence-corrected chi connectivity index (χ3v) is 3.39. The van der Waals surface area contributed by atoms with Gasteiger partial charge in [-0.1, -0.05) is 6.92 Å². The first-order chi connectivity index (χ1) is 9.69. The minimum Gasteiger partial charge on any atom is -0.486 e. The Morgan fingerprint density at radius 3 is 2.70 bits per heavy atom. The molecule has 0 saturated heterocycles. The molecule has 2 aromatic rings. The molecule has 0 bridgehead atoms. The van der Waals surface area contributed by atoms with Gasteiger partial charge in [0.25, 0.3) is 5.56 Å². The van der Waals surface area contributed by atoms with Crippen LogP contribution < -0.4 is 15.0 Å². The molecule has 1 aromatic heterocycles. The van der Waals surface area contributed by atoms with Crippen LogP contribution in [0.5, 0.6) is 11.5 Å². The van der Waals surface area contributed by atoms with Gasteiger partial charge in [-0.2, -0.15) is 0 Å². The fraction of sp³-hybridized carbons (Fsp3) is 0.333. The highest BCUT2D eigenvalue weighted by Gasteiger charge is 2.14. The van der Waals surface area contributed by atoms with Crippen LogP contribution in [0.3, 0.4) is 0 Å². The third-order valence-electron chi connectivity index (χ3n) is 3.39. The van der Waals surface area contributed by atoms with Gasteiger partial charge in [0.05, 0.1) is 0 Å². The van der Waals surface area contributed by atoms with Crippen LogP contribution >= 0.6 is 0 Å². The van der Waals surface area contributed by atoms with Crippen molar-refractivity contribution in [2.75, 3.05) is 13.2 Å². The summed E-state index contributed by atoms with van der Waals surface area (Å²) in [6.45, 7) is 4.90. The zero-order valence-corrected chi connectivity index (χ0v) is 11.5. The molecule has 104 valence electrons. The molecule has 0 fully saturated rings. The number of aromatic amines is 1. The summed E-state index contributed by atoms with van der Waals surface area (Å²) in [5, 5.41) is 0. The Labute approximate surface area is 116 Å². The number of benzene rings is 1. The minimum atomic E-state index is -0.0788. The van der Waals surface area contributed by atoms with E-state index >= 15 is 0 Å². The number of aryl methyl sites for hydroxylation is 1. The van der Waals surface area contributed by atoms with Crippen LogP contribution in [0.15, 0.2) is 23.0 Å². The lowest BCUT2D eigenvalue weighted by atomic mass is 10.1. The Morgan fingerprint density at radius 2 is 2.00 bits per heavy atom. The van der Waals surface area contributed by atoms with Crippen molar-refractivity contribution in [3.63, 3.8) is 0 Å². The molecular weight excluding hydrogens is 256 g/mol. The molecular formula is C15H16N2O3. The monoisotopic (exact) mass is 272 g/mol. The smallest absolute Gasteiger partial charge is 0.254 e. The number of hydrogen-bond acceptors (Lipinski definition) is 4. The number of hydrogen-bond donors (Lipinski definition) is 1. The second kappa shape index (κ2) is 5.00. The Hall–Kier alpha value is -2.30. The SMILES string of the molecule is CCc1c(C)nc(-c2ccc3c(c2)OCCO3)[nH]c1=O. The molecule has 0 spiro atoms. The molecule has 5 nitrogen and oxygen atoms in total. The fourth-order valence-electron chi connectivity index (χ4n) is 2.35. The van der Waals surface area contributed by atoms with E-state index in [1.54, 1.807) is 0 Å². The first-order valence-electron chi connectivity index (χ1n) is 6.69. The van der Waals surface area contributed by atoms with E-state index in [0.29, 0.717) is 31.2 Å². The van der Waals surface area contributed by atoms with Gasteiger partial charge in [0, 0.05) is 16.8 Å². The summed E-state index contributed by atoms with van der Waals surface area (Å²) in [7, 11) is 0. The van der Waals surface area contributed by atoms with Gasteiger partial charge < -0.3 is 14.5 Å². The number of ether oxygens (including phenoxy) is 2. The summed E-state index contributed by atoms with van der Waals surface area (Å²) in [4.78, 5) is 19.3. The third kappa shape index (κ3) is 2.15. The standard InChI is InChI=1S/C15H16N2O3/c1-3-11-9(2)16-14(17-15(11)18)10-4-5-12-13(8-10)20-7-6-19-12/h4-5,8H,3,6-7H2,1-2H3,(H,16,17,18). The maximum Gasteiger partial charge on any atom is 0.254 e. The Bertz CT molecular complexity index is 707. The minimum absolute atomic E-state index is 0.0788. The number of nitrogens with one attached hydrogen (secondary N) is 1. The molecule has 20 heavy (non-hydrogen) atoms. The Kier molecular flexibility index (Phi) is 3.18. The van der Waals surface area contributed by atoms with Crippen molar-refractivity contribution in [1.82, 2.24) is 9.97 Å². The van der Waals surface area contributed by atoms with Crippen LogP contribution in [-0.4, -0.2) is 23.2 Å². The molecule has 2 heterocycles. The van der Waals surface area contributed by atoms with E-state index in [1.165, 1.54) is 0 Å². The molecule has 3 rings (SSSR count). The zero-order chi connectivity index (χ0) is 14.1. The van der Waals surface area contributed by atoms with Crippen molar-refractivity contribution >= 4 is 0 Å². The summed E-state index contributed by atoms with van der Waals surface area (Å²) < 4.78 is 11.0. The van der Waals surface area contributed by atoms with Gasteiger partial charge in [0.2, 0.25) is 0 Å².